The molecule has 2 aromatic heterocycles. The molecule has 0 aromatic carbocycles. The first-order valence-corrected chi connectivity index (χ1v) is 8.49. The second-order valence-corrected chi connectivity index (χ2v) is 6.35. The largest absolute Gasteiger partial charge is 0.352 e. The van der Waals surface area contributed by atoms with Crippen molar-refractivity contribution in [3.63, 3.8) is 0 Å². The molecule has 1 fully saturated rings. The lowest BCUT2D eigenvalue weighted by Crippen LogP contribution is -2.45. The van der Waals surface area contributed by atoms with Crippen molar-refractivity contribution >= 4 is 5.91 Å². The van der Waals surface area contributed by atoms with E-state index in [2.05, 4.69) is 27.3 Å². The van der Waals surface area contributed by atoms with Crippen molar-refractivity contribution in [1.29, 1.82) is 0 Å². The van der Waals surface area contributed by atoms with Crippen molar-refractivity contribution in [2.24, 2.45) is 7.05 Å². The van der Waals surface area contributed by atoms with Crippen LogP contribution in [0.4, 0.5) is 0 Å². The molecule has 1 N–H and O–H groups in total. The molecule has 0 atom stereocenters. The molecule has 0 bridgehead atoms. The van der Waals surface area contributed by atoms with Gasteiger partial charge >= 0.3 is 0 Å². The Morgan fingerprint density at radius 2 is 1.88 bits per heavy atom. The predicted molar refractivity (Wildman–Crippen MR) is 93.4 cm³/mol. The van der Waals surface area contributed by atoms with Gasteiger partial charge in [-0.05, 0) is 32.1 Å². The highest BCUT2D eigenvalue weighted by Gasteiger charge is 2.17. The first kappa shape index (κ1) is 16.7. The zero-order valence-electron chi connectivity index (χ0n) is 14.5. The van der Waals surface area contributed by atoms with E-state index >= 15 is 0 Å². The number of aromatic nitrogens is 3. The van der Waals surface area contributed by atoms with Gasteiger partial charge in [0, 0.05) is 52.2 Å². The molecule has 7 heteroatoms. The third kappa shape index (κ3) is 3.85. The lowest BCUT2D eigenvalue weighted by Gasteiger charge is -2.32. The summed E-state index contributed by atoms with van der Waals surface area (Å²) in [5.74, 6) is 0.724. The summed E-state index contributed by atoms with van der Waals surface area (Å²) in [5, 5.41) is 7.24. The van der Waals surface area contributed by atoms with E-state index in [0.717, 1.165) is 45.0 Å². The third-order valence-electron chi connectivity index (χ3n) is 4.53. The number of piperazine rings is 1. The average molecular weight is 330 g/mol. The van der Waals surface area contributed by atoms with Crippen molar-refractivity contribution in [3.05, 3.63) is 36.3 Å². The van der Waals surface area contributed by atoms with E-state index in [1.807, 2.05) is 36.1 Å². The summed E-state index contributed by atoms with van der Waals surface area (Å²) in [6.07, 6.45) is 6.43. The third-order valence-corrected chi connectivity index (χ3v) is 4.53. The molecule has 1 aliphatic rings. The van der Waals surface area contributed by atoms with Gasteiger partial charge in [0.2, 0.25) is 0 Å². The van der Waals surface area contributed by atoms with Crippen molar-refractivity contribution < 1.29 is 4.79 Å². The van der Waals surface area contributed by atoms with Gasteiger partial charge < -0.3 is 19.7 Å². The van der Waals surface area contributed by atoms with Crippen LogP contribution >= 0.6 is 0 Å². The van der Waals surface area contributed by atoms with Crippen molar-refractivity contribution in [3.8, 4) is 5.82 Å². The van der Waals surface area contributed by atoms with Crippen molar-refractivity contribution in [2.45, 2.75) is 6.42 Å². The Labute approximate surface area is 142 Å². The highest BCUT2D eigenvalue weighted by Crippen LogP contribution is 2.13. The molecule has 130 valence electrons. The molecule has 1 aliphatic heterocycles. The topological polar surface area (TPSA) is 58.3 Å². The van der Waals surface area contributed by atoms with E-state index in [1.165, 1.54) is 0 Å². The standard InChI is InChI=1S/C17H26N6O/c1-20-10-12-22(13-11-20)7-5-6-18-16(24)15-14-19-21(2)17(15)23-8-3-4-9-23/h3-4,8-9,14H,5-7,10-13H2,1-2H3,(H,18,24). The van der Waals surface area contributed by atoms with Gasteiger partial charge in [-0.2, -0.15) is 5.10 Å². The Morgan fingerprint density at radius 3 is 2.58 bits per heavy atom. The number of nitrogens with one attached hydrogen (secondary N) is 1. The van der Waals surface area contributed by atoms with Crippen LogP contribution in [0.1, 0.15) is 16.8 Å². The minimum Gasteiger partial charge on any atom is -0.352 e. The maximum atomic E-state index is 12.5. The molecule has 0 aliphatic carbocycles. The van der Waals surface area contributed by atoms with E-state index in [4.69, 9.17) is 0 Å². The summed E-state index contributed by atoms with van der Waals surface area (Å²) in [6, 6.07) is 3.87. The molecule has 2 aromatic rings. The van der Waals surface area contributed by atoms with Gasteiger partial charge in [-0.25, -0.2) is 0 Å². The molecule has 24 heavy (non-hydrogen) atoms. The zero-order valence-corrected chi connectivity index (χ0v) is 14.5. The number of nitrogens with zero attached hydrogens (tertiary/aromatic N) is 5. The summed E-state index contributed by atoms with van der Waals surface area (Å²) in [6.45, 7) is 6.21. The Morgan fingerprint density at radius 1 is 1.17 bits per heavy atom. The first-order valence-electron chi connectivity index (χ1n) is 8.49. The van der Waals surface area contributed by atoms with Crippen LogP contribution in [0.2, 0.25) is 0 Å². The molecule has 1 saturated heterocycles. The Balaban J connectivity index is 1.49. The maximum Gasteiger partial charge on any atom is 0.256 e. The minimum absolute atomic E-state index is 0.0647. The molecule has 3 rings (SSSR count). The van der Waals surface area contributed by atoms with E-state index in [9.17, 15) is 4.79 Å². The monoisotopic (exact) mass is 330 g/mol. The lowest BCUT2D eigenvalue weighted by molar-refractivity contribution is 0.0949. The van der Waals surface area contributed by atoms with Crippen molar-refractivity contribution in [1.82, 2.24) is 29.5 Å². The first-order chi connectivity index (χ1) is 11.6. The molecule has 7 nitrogen and oxygen atoms in total. The van der Waals surface area contributed by atoms with Gasteiger partial charge in [0.25, 0.3) is 5.91 Å². The minimum atomic E-state index is -0.0647. The number of amides is 1. The number of hydrogen-bond acceptors (Lipinski definition) is 4. The van der Waals surface area contributed by atoms with Crippen LogP contribution in [0, 0.1) is 0 Å². The van der Waals surface area contributed by atoms with Crippen LogP contribution in [0.3, 0.4) is 0 Å². The van der Waals surface area contributed by atoms with Crippen molar-refractivity contribution in [2.75, 3.05) is 46.3 Å². The van der Waals surface area contributed by atoms with Crippen LogP contribution in [0.15, 0.2) is 30.7 Å². The fraction of sp³-hybridized carbons (Fsp3) is 0.529. The number of carbonyl (C=O) groups is 1. The van der Waals surface area contributed by atoms with Gasteiger partial charge in [0.15, 0.2) is 0 Å². The second kappa shape index (κ2) is 7.63. The Hall–Kier alpha value is -2.12. The van der Waals surface area contributed by atoms with Crippen LogP contribution in [-0.4, -0.2) is 76.4 Å². The SMILES string of the molecule is CN1CCN(CCCNC(=O)c2cnn(C)c2-n2cccc2)CC1. The highest BCUT2D eigenvalue weighted by atomic mass is 16.1. The van der Waals surface area contributed by atoms with E-state index < -0.39 is 0 Å². The fourth-order valence-electron chi connectivity index (χ4n) is 3.04. The molecule has 0 unspecified atom stereocenters. The van der Waals surface area contributed by atoms with Gasteiger partial charge in [-0.15, -0.1) is 0 Å². The normalized spacial score (nSPS) is 16.4. The predicted octanol–water partition coefficient (Wildman–Crippen LogP) is 0.578. The number of hydrogen-bond donors (Lipinski definition) is 1. The molecule has 0 radical (unpaired) electrons. The van der Waals surface area contributed by atoms with Gasteiger partial charge in [0.1, 0.15) is 11.4 Å². The van der Waals surface area contributed by atoms with Gasteiger partial charge in [-0.3, -0.25) is 9.48 Å². The van der Waals surface area contributed by atoms with E-state index in [1.54, 1.807) is 10.9 Å². The van der Waals surface area contributed by atoms with Gasteiger partial charge in [0.05, 0.1) is 6.20 Å². The van der Waals surface area contributed by atoms with E-state index in [-0.39, 0.29) is 5.91 Å². The second-order valence-electron chi connectivity index (χ2n) is 6.35. The highest BCUT2D eigenvalue weighted by molar-refractivity contribution is 5.97. The quantitative estimate of drug-likeness (QED) is 0.787. The van der Waals surface area contributed by atoms with Crippen LogP contribution < -0.4 is 5.32 Å². The zero-order chi connectivity index (χ0) is 16.9. The molecule has 0 saturated carbocycles. The average Bonchev–Trinajstić information content (AvgIpc) is 3.22. The Bertz CT molecular complexity index is 655. The van der Waals surface area contributed by atoms with Crippen LogP contribution in [0.5, 0.6) is 0 Å². The molecule has 1 amide bonds. The molecule has 3 heterocycles. The molecular weight excluding hydrogens is 304 g/mol. The molecule has 0 spiro atoms. The van der Waals surface area contributed by atoms with Crippen LogP contribution in [0.25, 0.3) is 5.82 Å². The maximum absolute atomic E-state index is 12.5. The molecular formula is C17H26N6O. The number of aryl methyl sites for hydroxylation is 1. The summed E-state index contributed by atoms with van der Waals surface area (Å²) in [5.41, 5.74) is 0.605. The lowest BCUT2D eigenvalue weighted by atomic mass is 10.2. The summed E-state index contributed by atoms with van der Waals surface area (Å²) >= 11 is 0. The fourth-order valence-corrected chi connectivity index (χ4v) is 3.04. The summed E-state index contributed by atoms with van der Waals surface area (Å²) in [4.78, 5) is 17.3. The smallest absolute Gasteiger partial charge is 0.256 e. The number of carbonyl (C=O) groups excluding carboxylic acids is 1. The summed E-state index contributed by atoms with van der Waals surface area (Å²) < 4.78 is 3.63. The Kier molecular flexibility index (Phi) is 5.32. The van der Waals surface area contributed by atoms with Crippen LogP contribution in [-0.2, 0) is 7.05 Å². The number of rotatable bonds is 6. The van der Waals surface area contributed by atoms with E-state index in [0.29, 0.717) is 12.1 Å². The van der Waals surface area contributed by atoms with Gasteiger partial charge in [-0.1, -0.05) is 0 Å². The summed E-state index contributed by atoms with van der Waals surface area (Å²) in [7, 11) is 4.01. The number of likely N-dealkylation sites (N-methyl/N-ethyl adjacent to an activating group) is 1.